The second-order valence-electron chi connectivity index (χ2n) is 3.79. The molecule has 1 fully saturated rings. The summed E-state index contributed by atoms with van der Waals surface area (Å²) in [7, 11) is 0. The third kappa shape index (κ3) is 2.78. The Hall–Kier alpha value is -0.420. The van der Waals surface area contributed by atoms with Crippen molar-refractivity contribution in [2.45, 2.75) is 12.8 Å². The zero-order valence-corrected chi connectivity index (χ0v) is 10.6. The number of benzene rings is 1. The van der Waals surface area contributed by atoms with Gasteiger partial charge in [-0.05, 0) is 47.6 Å². The predicted octanol–water partition coefficient (Wildman–Crippen LogP) is 2.90. The molecule has 0 N–H and O–H groups in total. The van der Waals surface area contributed by atoms with Gasteiger partial charge >= 0.3 is 0 Å². The molecule has 1 aliphatic rings. The summed E-state index contributed by atoms with van der Waals surface area (Å²) in [6.07, 6.45) is 1.96. The van der Waals surface area contributed by atoms with E-state index < -0.39 is 0 Å². The number of halogens is 1. The van der Waals surface area contributed by atoms with Crippen molar-refractivity contribution in [3.8, 4) is 0 Å². The van der Waals surface area contributed by atoms with E-state index in [1.807, 2.05) is 24.3 Å². The second kappa shape index (κ2) is 5.07. The molecule has 1 atom stereocenters. The van der Waals surface area contributed by atoms with E-state index in [2.05, 4.69) is 22.6 Å². The fourth-order valence-corrected chi connectivity index (χ4v) is 2.16. The van der Waals surface area contributed by atoms with Crippen LogP contribution in [0.2, 0.25) is 0 Å². The van der Waals surface area contributed by atoms with E-state index in [1.165, 1.54) is 0 Å². The monoisotopic (exact) mass is 316 g/mol. The maximum absolute atomic E-state index is 12.0. The lowest BCUT2D eigenvalue weighted by molar-refractivity contribution is 0.0461. The highest BCUT2D eigenvalue weighted by Crippen LogP contribution is 2.19. The molecule has 0 radical (unpaired) electrons. The third-order valence-corrected chi connectivity index (χ3v) is 3.38. The van der Waals surface area contributed by atoms with Crippen LogP contribution in [0.3, 0.4) is 0 Å². The van der Waals surface area contributed by atoms with Crippen LogP contribution in [0, 0.1) is 9.49 Å². The van der Waals surface area contributed by atoms with Crippen LogP contribution >= 0.6 is 22.6 Å². The Morgan fingerprint density at radius 2 is 2.07 bits per heavy atom. The van der Waals surface area contributed by atoms with Gasteiger partial charge in [0.1, 0.15) is 0 Å². The zero-order valence-electron chi connectivity index (χ0n) is 8.41. The van der Waals surface area contributed by atoms with E-state index >= 15 is 0 Å². The summed E-state index contributed by atoms with van der Waals surface area (Å²) in [5, 5.41) is 0. The van der Waals surface area contributed by atoms with Gasteiger partial charge in [-0.25, -0.2) is 0 Å². The minimum Gasteiger partial charge on any atom is -0.381 e. The number of ketones is 1. The minimum atomic E-state index is 0.0683. The Kier molecular flexibility index (Phi) is 3.75. The normalized spacial score (nSPS) is 21.3. The van der Waals surface area contributed by atoms with Crippen molar-refractivity contribution in [1.82, 2.24) is 0 Å². The van der Waals surface area contributed by atoms with Gasteiger partial charge in [0.2, 0.25) is 0 Å². The van der Waals surface area contributed by atoms with Gasteiger partial charge in [-0.2, -0.15) is 0 Å². The molecule has 0 aliphatic carbocycles. The van der Waals surface area contributed by atoms with Crippen LogP contribution in [0.25, 0.3) is 0 Å². The number of Topliss-reactive ketones (excluding diaryl/α,β-unsaturated/α-hetero) is 1. The van der Waals surface area contributed by atoms with Gasteiger partial charge in [-0.15, -0.1) is 0 Å². The summed E-state index contributed by atoms with van der Waals surface area (Å²) >= 11 is 2.24. The fourth-order valence-electron chi connectivity index (χ4n) is 1.80. The summed E-state index contributed by atoms with van der Waals surface area (Å²) in [6, 6.07) is 7.74. The van der Waals surface area contributed by atoms with E-state index in [0.717, 1.165) is 28.6 Å². The molecular weight excluding hydrogens is 303 g/mol. The van der Waals surface area contributed by atoms with Crippen LogP contribution in [0.1, 0.15) is 23.2 Å². The van der Waals surface area contributed by atoms with Crippen molar-refractivity contribution in [3.05, 3.63) is 33.4 Å². The standard InChI is InChI=1S/C12H13IO2/c13-11-5-3-9(4-6-11)12(14)10-2-1-7-15-8-10/h3-6,10H,1-2,7-8H2. The number of hydrogen-bond acceptors (Lipinski definition) is 2. The summed E-state index contributed by atoms with van der Waals surface area (Å²) in [5.41, 5.74) is 0.811. The quantitative estimate of drug-likeness (QED) is 0.619. The molecule has 0 saturated carbocycles. The highest BCUT2D eigenvalue weighted by Gasteiger charge is 2.22. The van der Waals surface area contributed by atoms with E-state index in [9.17, 15) is 4.79 Å². The largest absolute Gasteiger partial charge is 0.381 e. The average molecular weight is 316 g/mol. The molecule has 1 heterocycles. The first-order chi connectivity index (χ1) is 7.27. The number of ether oxygens (including phenoxy) is 1. The van der Waals surface area contributed by atoms with Gasteiger partial charge in [-0.1, -0.05) is 12.1 Å². The summed E-state index contributed by atoms with van der Waals surface area (Å²) in [6.45, 7) is 1.39. The van der Waals surface area contributed by atoms with Crippen LogP contribution in [-0.2, 0) is 4.74 Å². The summed E-state index contributed by atoms with van der Waals surface area (Å²) in [5.74, 6) is 0.296. The molecule has 15 heavy (non-hydrogen) atoms. The lowest BCUT2D eigenvalue weighted by atomic mass is 9.93. The van der Waals surface area contributed by atoms with Crippen molar-refractivity contribution in [1.29, 1.82) is 0 Å². The van der Waals surface area contributed by atoms with Crippen molar-refractivity contribution in [2.24, 2.45) is 5.92 Å². The van der Waals surface area contributed by atoms with E-state index in [1.54, 1.807) is 0 Å². The maximum Gasteiger partial charge on any atom is 0.168 e. The first kappa shape index (κ1) is 11.1. The first-order valence-electron chi connectivity index (χ1n) is 5.15. The minimum absolute atomic E-state index is 0.0683. The van der Waals surface area contributed by atoms with Gasteiger partial charge in [0.15, 0.2) is 5.78 Å². The van der Waals surface area contributed by atoms with E-state index in [-0.39, 0.29) is 11.7 Å². The van der Waals surface area contributed by atoms with Crippen molar-refractivity contribution < 1.29 is 9.53 Å². The number of carbonyl (C=O) groups excluding carboxylic acids is 1. The molecule has 1 aliphatic heterocycles. The van der Waals surface area contributed by atoms with Gasteiger partial charge in [0, 0.05) is 21.7 Å². The van der Waals surface area contributed by atoms with Crippen molar-refractivity contribution in [3.63, 3.8) is 0 Å². The molecule has 3 heteroatoms. The Balaban J connectivity index is 2.09. The molecule has 1 aromatic rings. The van der Waals surface area contributed by atoms with Gasteiger partial charge in [-0.3, -0.25) is 4.79 Å². The van der Waals surface area contributed by atoms with Crippen molar-refractivity contribution in [2.75, 3.05) is 13.2 Å². The van der Waals surface area contributed by atoms with Crippen LogP contribution in [0.15, 0.2) is 24.3 Å². The zero-order chi connectivity index (χ0) is 10.7. The van der Waals surface area contributed by atoms with E-state index in [4.69, 9.17) is 4.74 Å². The first-order valence-corrected chi connectivity index (χ1v) is 6.23. The fraction of sp³-hybridized carbons (Fsp3) is 0.417. The number of rotatable bonds is 2. The van der Waals surface area contributed by atoms with Crippen LogP contribution in [-0.4, -0.2) is 19.0 Å². The lowest BCUT2D eigenvalue weighted by Crippen LogP contribution is -2.25. The topological polar surface area (TPSA) is 26.3 Å². The second-order valence-corrected chi connectivity index (χ2v) is 5.03. The lowest BCUT2D eigenvalue weighted by Gasteiger charge is -2.20. The molecule has 2 rings (SSSR count). The van der Waals surface area contributed by atoms with Crippen molar-refractivity contribution >= 4 is 28.4 Å². The number of hydrogen-bond donors (Lipinski definition) is 0. The molecule has 0 spiro atoms. The SMILES string of the molecule is O=C(c1ccc(I)cc1)C1CCCOC1. The maximum atomic E-state index is 12.0. The highest BCUT2D eigenvalue weighted by molar-refractivity contribution is 14.1. The van der Waals surface area contributed by atoms with Crippen LogP contribution < -0.4 is 0 Å². The summed E-state index contributed by atoms with van der Waals surface area (Å²) < 4.78 is 6.48. The van der Waals surface area contributed by atoms with Crippen LogP contribution in [0.4, 0.5) is 0 Å². The molecular formula is C12H13IO2. The molecule has 1 unspecified atom stereocenters. The molecule has 0 bridgehead atoms. The number of carbonyl (C=O) groups is 1. The molecule has 0 amide bonds. The van der Waals surface area contributed by atoms with Crippen LogP contribution in [0.5, 0.6) is 0 Å². The molecule has 2 nitrogen and oxygen atoms in total. The highest BCUT2D eigenvalue weighted by atomic mass is 127. The van der Waals surface area contributed by atoms with E-state index in [0.29, 0.717) is 6.61 Å². The molecule has 1 aromatic carbocycles. The average Bonchev–Trinajstić information content (AvgIpc) is 2.30. The third-order valence-electron chi connectivity index (χ3n) is 2.66. The Morgan fingerprint density at radius 3 is 2.67 bits per heavy atom. The smallest absolute Gasteiger partial charge is 0.168 e. The van der Waals surface area contributed by atoms with Gasteiger partial charge in [0.05, 0.1) is 6.61 Å². The summed E-state index contributed by atoms with van der Waals surface area (Å²) in [4.78, 5) is 12.0. The predicted molar refractivity (Wildman–Crippen MR) is 67.0 cm³/mol. The molecule has 80 valence electrons. The Bertz CT molecular complexity index is 339. The molecule has 1 saturated heterocycles. The Morgan fingerprint density at radius 1 is 1.33 bits per heavy atom. The van der Waals surface area contributed by atoms with Gasteiger partial charge < -0.3 is 4.74 Å². The molecule has 0 aromatic heterocycles. The van der Waals surface area contributed by atoms with Gasteiger partial charge in [0.25, 0.3) is 0 Å². The Labute approximate surface area is 103 Å².